The Hall–Kier alpha value is -3.85. The summed E-state index contributed by atoms with van der Waals surface area (Å²) < 4.78 is 33.8. The molecule has 0 aliphatic rings. The van der Waals surface area contributed by atoms with Crippen molar-refractivity contribution in [2.45, 2.75) is 25.2 Å². The van der Waals surface area contributed by atoms with E-state index in [1.165, 1.54) is 6.07 Å². The summed E-state index contributed by atoms with van der Waals surface area (Å²) in [6.07, 6.45) is 0.0406. The van der Waals surface area contributed by atoms with Crippen molar-refractivity contribution in [1.82, 2.24) is 5.32 Å². The second kappa shape index (κ2) is 11.3. The molecule has 0 aromatic heterocycles. The van der Waals surface area contributed by atoms with Crippen LogP contribution in [0.3, 0.4) is 0 Å². The summed E-state index contributed by atoms with van der Waals surface area (Å²) >= 11 is 0. The zero-order chi connectivity index (χ0) is 24.6. The maximum absolute atomic E-state index is 13.0. The topological polar surface area (TPSA) is 114 Å². The van der Waals surface area contributed by atoms with Gasteiger partial charge < -0.3 is 15.4 Å². The molecule has 0 heterocycles. The van der Waals surface area contributed by atoms with Crippen LogP contribution in [0.4, 0.5) is 11.4 Å². The first kappa shape index (κ1) is 24.8. The molecule has 0 atom stereocenters. The number of nitrogens with one attached hydrogen (secondary N) is 3. The molecular weight excluding hydrogens is 454 g/mol. The zero-order valence-electron chi connectivity index (χ0n) is 19.0. The number of benzene rings is 3. The molecule has 3 aromatic carbocycles. The monoisotopic (exact) mass is 481 g/mol. The molecular formula is C25H27N3O5S. The molecule has 0 spiro atoms. The molecule has 8 nitrogen and oxygen atoms in total. The molecule has 0 fully saturated rings. The van der Waals surface area contributed by atoms with Gasteiger partial charge >= 0.3 is 0 Å². The van der Waals surface area contributed by atoms with Crippen LogP contribution in [-0.2, 0) is 14.8 Å². The van der Waals surface area contributed by atoms with Crippen LogP contribution in [0, 0.1) is 6.92 Å². The molecule has 34 heavy (non-hydrogen) atoms. The number of anilines is 2. The summed E-state index contributed by atoms with van der Waals surface area (Å²) in [5.74, 6) is 0.0313. The molecule has 0 aliphatic heterocycles. The Labute approximate surface area is 199 Å². The van der Waals surface area contributed by atoms with Gasteiger partial charge in [0, 0.05) is 29.9 Å². The second-order valence-corrected chi connectivity index (χ2v) is 9.11. The Kier molecular flexibility index (Phi) is 8.26. The van der Waals surface area contributed by atoms with E-state index >= 15 is 0 Å². The van der Waals surface area contributed by atoms with Gasteiger partial charge in [0.1, 0.15) is 5.75 Å². The fourth-order valence-corrected chi connectivity index (χ4v) is 4.50. The number of carbonyl (C=O) groups is 2. The van der Waals surface area contributed by atoms with Gasteiger partial charge in [0.05, 0.1) is 11.5 Å². The lowest BCUT2D eigenvalue weighted by Crippen LogP contribution is -2.27. The van der Waals surface area contributed by atoms with Crippen LogP contribution in [0.5, 0.6) is 5.75 Å². The van der Waals surface area contributed by atoms with Gasteiger partial charge in [0.15, 0.2) is 0 Å². The predicted octanol–water partition coefficient (Wildman–Crippen LogP) is 3.95. The molecule has 178 valence electrons. The van der Waals surface area contributed by atoms with Crippen molar-refractivity contribution >= 4 is 33.2 Å². The second-order valence-electron chi connectivity index (χ2n) is 7.46. The molecule has 9 heteroatoms. The summed E-state index contributed by atoms with van der Waals surface area (Å²) in [4.78, 5) is 24.4. The highest BCUT2D eigenvalue weighted by molar-refractivity contribution is 7.92. The van der Waals surface area contributed by atoms with E-state index < -0.39 is 10.0 Å². The fourth-order valence-electron chi connectivity index (χ4n) is 3.17. The van der Waals surface area contributed by atoms with Crippen molar-refractivity contribution in [2.24, 2.45) is 0 Å². The van der Waals surface area contributed by atoms with Crippen LogP contribution in [-0.4, -0.2) is 33.4 Å². The smallest absolute Gasteiger partial charge is 0.262 e. The van der Waals surface area contributed by atoms with Crippen molar-refractivity contribution in [1.29, 1.82) is 0 Å². The molecule has 0 saturated carbocycles. The highest BCUT2D eigenvalue weighted by Crippen LogP contribution is 2.24. The van der Waals surface area contributed by atoms with Crippen molar-refractivity contribution in [2.75, 3.05) is 23.2 Å². The molecule has 0 saturated heterocycles. The number of sulfonamides is 1. The van der Waals surface area contributed by atoms with Crippen molar-refractivity contribution in [3.63, 3.8) is 0 Å². The third-order valence-corrected chi connectivity index (χ3v) is 6.38. The fraction of sp³-hybridized carbons (Fsp3) is 0.200. The Balaban J connectivity index is 1.61. The first-order chi connectivity index (χ1) is 16.3. The molecule has 3 N–H and O–H groups in total. The highest BCUT2D eigenvalue weighted by atomic mass is 32.2. The molecule has 0 unspecified atom stereocenters. The quantitative estimate of drug-likeness (QED) is 0.406. The number of carbonyl (C=O) groups excluding carboxylic acids is 2. The minimum atomic E-state index is -3.89. The third-order valence-electron chi connectivity index (χ3n) is 4.85. The Morgan fingerprint density at radius 1 is 0.912 bits per heavy atom. The molecule has 3 rings (SSSR count). The van der Waals surface area contributed by atoms with Gasteiger partial charge in [-0.05, 0) is 67.9 Å². The average Bonchev–Trinajstić information content (AvgIpc) is 2.82. The maximum atomic E-state index is 13.0. The summed E-state index contributed by atoms with van der Waals surface area (Å²) in [6, 6.07) is 20.0. The Morgan fingerprint density at radius 3 is 2.26 bits per heavy atom. The lowest BCUT2D eigenvalue weighted by molar-refractivity contribution is -0.116. The summed E-state index contributed by atoms with van der Waals surface area (Å²) in [5.41, 5.74) is 1.78. The van der Waals surface area contributed by atoms with Crippen LogP contribution in [0.15, 0.2) is 77.7 Å². The number of aryl methyl sites for hydroxylation is 1. The highest BCUT2D eigenvalue weighted by Gasteiger charge is 2.18. The first-order valence-corrected chi connectivity index (χ1v) is 12.3. The zero-order valence-corrected chi connectivity index (χ0v) is 19.8. The molecule has 0 radical (unpaired) electrons. The number of hydrogen-bond acceptors (Lipinski definition) is 5. The molecule has 0 bridgehead atoms. The van der Waals surface area contributed by atoms with E-state index in [4.69, 9.17) is 4.74 Å². The van der Waals surface area contributed by atoms with Gasteiger partial charge in [-0.2, -0.15) is 0 Å². The van der Waals surface area contributed by atoms with Crippen molar-refractivity contribution < 1.29 is 22.7 Å². The van der Waals surface area contributed by atoms with E-state index in [2.05, 4.69) is 15.4 Å². The van der Waals surface area contributed by atoms with Gasteiger partial charge in [-0.15, -0.1) is 0 Å². The SMILES string of the molecule is CCOc1ccc(NS(=O)(=O)c2cc(NC(=O)CCNC(=O)c3ccccc3)ccc2C)cc1. The van der Waals surface area contributed by atoms with E-state index in [9.17, 15) is 18.0 Å². The molecule has 3 aromatic rings. The summed E-state index contributed by atoms with van der Waals surface area (Å²) in [7, 11) is -3.89. The number of ether oxygens (including phenoxy) is 1. The van der Waals surface area contributed by atoms with Gasteiger partial charge in [-0.1, -0.05) is 24.3 Å². The summed E-state index contributed by atoms with van der Waals surface area (Å²) in [5, 5.41) is 5.37. The van der Waals surface area contributed by atoms with Crippen LogP contribution in [0.25, 0.3) is 0 Å². The van der Waals surface area contributed by atoms with Gasteiger partial charge in [0.2, 0.25) is 5.91 Å². The minimum Gasteiger partial charge on any atom is -0.494 e. The Morgan fingerprint density at radius 2 is 1.59 bits per heavy atom. The minimum absolute atomic E-state index is 0.0406. The van der Waals surface area contributed by atoms with Crippen molar-refractivity contribution in [3.8, 4) is 5.75 Å². The van der Waals surface area contributed by atoms with E-state index in [1.54, 1.807) is 67.6 Å². The van der Waals surface area contributed by atoms with Gasteiger partial charge in [-0.3, -0.25) is 14.3 Å². The number of amides is 2. The predicted molar refractivity (Wildman–Crippen MR) is 132 cm³/mol. The lowest BCUT2D eigenvalue weighted by Gasteiger charge is -2.13. The normalized spacial score (nSPS) is 10.9. The van der Waals surface area contributed by atoms with E-state index in [0.29, 0.717) is 34.9 Å². The Bertz CT molecular complexity index is 1240. The standard InChI is InChI=1S/C25H27N3O5S/c1-3-33-22-13-11-20(12-14-22)28-34(31,32)23-17-21(10-9-18(23)2)27-24(29)15-16-26-25(30)19-7-5-4-6-8-19/h4-14,17,28H,3,15-16H2,1-2H3,(H,26,30)(H,27,29). The van der Waals surface area contributed by atoms with E-state index in [-0.39, 0.29) is 29.7 Å². The number of hydrogen-bond donors (Lipinski definition) is 3. The van der Waals surface area contributed by atoms with Crippen LogP contribution in [0.1, 0.15) is 29.3 Å². The first-order valence-electron chi connectivity index (χ1n) is 10.8. The summed E-state index contributed by atoms with van der Waals surface area (Å²) in [6.45, 7) is 4.21. The van der Waals surface area contributed by atoms with E-state index in [1.807, 2.05) is 13.0 Å². The van der Waals surface area contributed by atoms with Crippen LogP contribution < -0.4 is 20.1 Å². The van der Waals surface area contributed by atoms with Crippen molar-refractivity contribution in [3.05, 3.63) is 83.9 Å². The van der Waals surface area contributed by atoms with E-state index in [0.717, 1.165) is 0 Å². The lowest BCUT2D eigenvalue weighted by atomic mass is 10.2. The largest absolute Gasteiger partial charge is 0.494 e. The average molecular weight is 482 g/mol. The number of rotatable bonds is 10. The van der Waals surface area contributed by atoms with Gasteiger partial charge in [0.25, 0.3) is 15.9 Å². The maximum Gasteiger partial charge on any atom is 0.262 e. The van der Waals surface area contributed by atoms with Crippen LogP contribution in [0.2, 0.25) is 0 Å². The van der Waals surface area contributed by atoms with Crippen LogP contribution >= 0.6 is 0 Å². The third kappa shape index (κ3) is 6.82. The molecule has 2 amide bonds. The molecule has 0 aliphatic carbocycles. The van der Waals surface area contributed by atoms with Gasteiger partial charge in [-0.25, -0.2) is 8.42 Å².